The molecule has 0 aromatic rings. The van der Waals surface area contributed by atoms with Crippen LogP contribution >= 0.6 is 0 Å². The van der Waals surface area contributed by atoms with Gasteiger partial charge in [0, 0.05) is 0 Å². The van der Waals surface area contributed by atoms with Gasteiger partial charge in [0.15, 0.2) is 0 Å². The minimum atomic E-state index is -0.693. The van der Waals surface area contributed by atoms with E-state index in [9.17, 15) is 4.79 Å². The van der Waals surface area contributed by atoms with Crippen LogP contribution in [0.2, 0.25) is 0 Å². The van der Waals surface area contributed by atoms with Crippen LogP contribution in [0.25, 0.3) is 0 Å². The fraction of sp³-hybridized carbons (Fsp3) is 0.667. The van der Waals surface area contributed by atoms with Gasteiger partial charge in [-0.25, -0.2) is 0 Å². The minimum Gasteiger partial charge on any atom is -0.481 e. The Hall–Kier alpha value is -0.830. The minimum absolute atomic E-state index is 0.0300. The van der Waals surface area contributed by atoms with Crippen molar-refractivity contribution in [2.45, 2.75) is 18.6 Å². The van der Waals surface area contributed by atoms with Gasteiger partial charge in [-0.1, -0.05) is 12.2 Å². The topological polar surface area (TPSA) is 49.8 Å². The Morgan fingerprint density at radius 1 is 1.50 bits per heavy atom. The molecule has 3 aliphatic rings. The lowest BCUT2D eigenvalue weighted by molar-refractivity contribution is -0.144. The predicted octanol–water partition coefficient (Wildman–Crippen LogP) is 0.661. The molecule has 1 saturated carbocycles. The lowest BCUT2D eigenvalue weighted by Gasteiger charge is -2.16. The van der Waals surface area contributed by atoms with E-state index in [1.54, 1.807) is 0 Å². The summed E-state index contributed by atoms with van der Waals surface area (Å²) in [7, 11) is 0. The van der Waals surface area contributed by atoms with Gasteiger partial charge < -0.3 is 9.84 Å². The molecule has 12 heavy (non-hydrogen) atoms. The number of carbonyl (C=O) groups is 1. The first kappa shape index (κ1) is 6.66. The highest BCUT2D eigenvalue weighted by molar-refractivity contribution is 5.73. The lowest BCUT2D eigenvalue weighted by Crippen LogP contribution is -2.24. The van der Waals surface area contributed by atoms with Crippen molar-refractivity contribution >= 4 is 5.97 Å². The molecule has 0 spiro atoms. The Balaban J connectivity index is 1.93. The molecule has 3 nitrogen and oxygen atoms in total. The summed E-state index contributed by atoms with van der Waals surface area (Å²) in [5.41, 5.74) is 0. The van der Waals surface area contributed by atoms with Gasteiger partial charge in [0.2, 0.25) is 0 Å². The number of rotatable bonds is 1. The normalized spacial score (nSPS) is 53.5. The van der Waals surface area contributed by atoms with Crippen molar-refractivity contribution in [1.82, 2.24) is 0 Å². The van der Waals surface area contributed by atoms with Crippen molar-refractivity contribution in [2.75, 3.05) is 0 Å². The molecule has 2 fully saturated rings. The van der Waals surface area contributed by atoms with Gasteiger partial charge in [-0.3, -0.25) is 4.79 Å². The summed E-state index contributed by atoms with van der Waals surface area (Å²) in [6, 6.07) is 0. The molecule has 0 bridgehead atoms. The number of carboxylic acid groups (broad SMARTS) is 1. The van der Waals surface area contributed by atoms with E-state index >= 15 is 0 Å². The second kappa shape index (κ2) is 1.91. The van der Waals surface area contributed by atoms with E-state index in [0.717, 1.165) is 6.42 Å². The average Bonchev–Trinajstić information content (AvgIpc) is 2.55. The summed E-state index contributed by atoms with van der Waals surface area (Å²) in [6.07, 6.45) is 5.44. The van der Waals surface area contributed by atoms with Crippen LogP contribution in [0.1, 0.15) is 6.42 Å². The second-order valence-electron chi connectivity index (χ2n) is 3.83. The molecule has 0 radical (unpaired) electrons. The summed E-state index contributed by atoms with van der Waals surface area (Å²) in [4.78, 5) is 10.9. The van der Waals surface area contributed by atoms with E-state index in [1.165, 1.54) is 0 Å². The van der Waals surface area contributed by atoms with Crippen LogP contribution in [-0.2, 0) is 9.53 Å². The molecule has 0 amide bonds. The Kier molecular flexibility index (Phi) is 1.06. The number of aliphatic carboxylic acids is 1. The second-order valence-corrected chi connectivity index (χ2v) is 3.83. The Morgan fingerprint density at radius 2 is 2.33 bits per heavy atom. The Labute approximate surface area is 70.0 Å². The SMILES string of the molecule is O=C(O)[C@H]1[C@H]2C=CC[C@H]2[C@@H]2O[C@@H]21. The van der Waals surface area contributed by atoms with Gasteiger partial charge in [-0.2, -0.15) is 0 Å². The van der Waals surface area contributed by atoms with E-state index in [4.69, 9.17) is 9.84 Å². The van der Waals surface area contributed by atoms with Crippen molar-refractivity contribution in [2.24, 2.45) is 17.8 Å². The first-order chi connectivity index (χ1) is 5.79. The molecule has 5 atom stereocenters. The molecular formula is C9H10O3. The molecular weight excluding hydrogens is 156 g/mol. The third-order valence-electron chi connectivity index (χ3n) is 3.30. The molecule has 0 aromatic carbocycles. The van der Waals surface area contributed by atoms with Gasteiger partial charge in [0.1, 0.15) is 0 Å². The van der Waals surface area contributed by atoms with Gasteiger partial charge in [-0.15, -0.1) is 0 Å². The molecule has 1 heterocycles. The first-order valence-electron chi connectivity index (χ1n) is 4.34. The molecule has 2 aliphatic carbocycles. The summed E-state index contributed by atoms with van der Waals surface area (Å²) >= 11 is 0. The fourth-order valence-electron chi connectivity index (χ4n) is 2.73. The third kappa shape index (κ3) is 0.630. The van der Waals surface area contributed by atoms with Gasteiger partial charge in [-0.05, 0) is 18.3 Å². The monoisotopic (exact) mass is 166 g/mol. The Bertz CT molecular complexity index is 271. The van der Waals surface area contributed by atoms with E-state index in [2.05, 4.69) is 12.2 Å². The highest BCUT2D eigenvalue weighted by Gasteiger charge is 2.64. The summed E-state index contributed by atoms with van der Waals surface area (Å²) in [5, 5.41) is 8.94. The number of fused-ring (bicyclic) bond motifs is 3. The average molecular weight is 166 g/mol. The van der Waals surface area contributed by atoms with Crippen molar-refractivity contribution in [3.05, 3.63) is 12.2 Å². The number of ether oxygens (including phenoxy) is 1. The van der Waals surface area contributed by atoms with Crippen LogP contribution < -0.4 is 0 Å². The quantitative estimate of drug-likeness (QED) is 0.460. The molecule has 1 aliphatic heterocycles. The maximum Gasteiger partial charge on any atom is 0.309 e. The fourth-order valence-corrected chi connectivity index (χ4v) is 2.73. The van der Waals surface area contributed by atoms with Crippen molar-refractivity contribution < 1.29 is 14.6 Å². The number of hydrogen-bond acceptors (Lipinski definition) is 2. The standard InChI is InChI=1S/C9H10O3/c10-9(11)6-4-2-1-3-5(4)7-8(6)12-7/h1-2,4-8H,3H2,(H,10,11)/t4-,5+,6-,7-,8+/m0/s1. The first-order valence-corrected chi connectivity index (χ1v) is 4.34. The highest BCUT2D eigenvalue weighted by atomic mass is 16.6. The summed E-state index contributed by atoms with van der Waals surface area (Å²) < 4.78 is 5.32. The zero-order valence-corrected chi connectivity index (χ0v) is 6.51. The largest absolute Gasteiger partial charge is 0.481 e. The van der Waals surface area contributed by atoms with Crippen molar-refractivity contribution in [3.63, 3.8) is 0 Å². The number of epoxide rings is 1. The van der Waals surface area contributed by atoms with E-state index in [0.29, 0.717) is 5.92 Å². The smallest absolute Gasteiger partial charge is 0.309 e. The predicted molar refractivity (Wildman–Crippen MR) is 40.5 cm³/mol. The maximum absolute atomic E-state index is 10.9. The zero-order chi connectivity index (χ0) is 8.29. The molecule has 0 aromatic heterocycles. The summed E-state index contributed by atoms with van der Waals surface area (Å²) in [6.45, 7) is 0. The molecule has 1 N–H and O–H groups in total. The van der Waals surface area contributed by atoms with Crippen molar-refractivity contribution in [1.29, 1.82) is 0 Å². The van der Waals surface area contributed by atoms with E-state index in [-0.39, 0.29) is 24.0 Å². The van der Waals surface area contributed by atoms with Crippen LogP contribution in [0.3, 0.4) is 0 Å². The molecule has 0 unspecified atom stereocenters. The highest BCUT2D eigenvalue weighted by Crippen LogP contribution is 2.55. The van der Waals surface area contributed by atoms with Gasteiger partial charge in [0.05, 0.1) is 18.1 Å². The third-order valence-corrected chi connectivity index (χ3v) is 3.30. The number of hydrogen-bond donors (Lipinski definition) is 1. The van der Waals surface area contributed by atoms with Crippen LogP contribution in [0, 0.1) is 17.8 Å². The van der Waals surface area contributed by atoms with Crippen molar-refractivity contribution in [3.8, 4) is 0 Å². The zero-order valence-electron chi connectivity index (χ0n) is 6.51. The van der Waals surface area contributed by atoms with E-state index < -0.39 is 5.97 Å². The molecule has 64 valence electrons. The van der Waals surface area contributed by atoms with Crippen LogP contribution in [-0.4, -0.2) is 23.3 Å². The molecule has 3 heteroatoms. The van der Waals surface area contributed by atoms with Crippen LogP contribution in [0.15, 0.2) is 12.2 Å². The molecule has 1 saturated heterocycles. The lowest BCUT2D eigenvalue weighted by atomic mass is 9.91. The number of allylic oxidation sites excluding steroid dienone is 2. The van der Waals surface area contributed by atoms with Crippen LogP contribution in [0.4, 0.5) is 0 Å². The van der Waals surface area contributed by atoms with Gasteiger partial charge >= 0.3 is 5.97 Å². The number of carboxylic acids is 1. The van der Waals surface area contributed by atoms with Gasteiger partial charge in [0.25, 0.3) is 0 Å². The Morgan fingerprint density at radius 3 is 3.08 bits per heavy atom. The summed E-state index contributed by atoms with van der Waals surface area (Å²) in [5.74, 6) is -0.234. The van der Waals surface area contributed by atoms with Crippen LogP contribution in [0.5, 0.6) is 0 Å². The van der Waals surface area contributed by atoms with E-state index in [1.807, 2.05) is 0 Å². The molecule has 3 rings (SSSR count). The maximum atomic E-state index is 10.9.